The van der Waals surface area contributed by atoms with Crippen molar-refractivity contribution >= 4 is 17.3 Å². The minimum atomic E-state index is -0.127. The van der Waals surface area contributed by atoms with E-state index in [2.05, 4.69) is 17.6 Å². The third kappa shape index (κ3) is 9.65. The van der Waals surface area contributed by atoms with Gasteiger partial charge < -0.3 is 24.8 Å². The highest BCUT2D eigenvalue weighted by molar-refractivity contribution is 5.93. The van der Waals surface area contributed by atoms with Gasteiger partial charge in [-0.3, -0.25) is 4.79 Å². The highest BCUT2D eigenvalue weighted by Gasteiger charge is 2.05. The van der Waals surface area contributed by atoms with Crippen molar-refractivity contribution in [2.24, 2.45) is 0 Å². The molecule has 0 aliphatic heterocycles. The molecule has 30 heavy (non-hydrogen) atoms. The number of hydrogen-bond acceptors (Lipinski definition) is 5. The number of methoxy groups -OCH3 is 1. The fourth-order valence-electron chi connectivity index (χ4n) is 2.89. The Kier molecular flexibility index (Phi) is 11.2. The summed E-state index contributed by atoms with van der Waals surface area (Å²) < 4.78 is 16.4. The van der Waals surface area contributed by atoms with Crippen LogP contribution in [0.3, 0.4) is 0 Å². The predicted octanol–water partition coefficient (Wildman–Crippen LogP) is 5.11. The summed E-state index contributed by atoms with van der Waals surface area (Å²) in [5.74, 6) is 1.38. The van der Waals surface area contributed by atoms with E-state index in [9.17, 15) is 4.79 Å². The second-order valence-electron chi connectivity index (χ2n) is 7.06. The Morgan fingerprint density at radius 1 is 0.833 bits per heavy atom. The van der Waals surface area contributed by atoms with Crippen LogP contribution in [0, 0.1) is 0 Å². The Balaban J connectivity index is 1.73. The van der Waals surface area contributed by atoms with Gasteiger partial charge in [0.05, 0.1) is 19.8 Å². The lowest BCUT2D eigenvalue weighted by Crippen LogP contribution is -2.21. The second kappa shape index (κ2) is 14.3. The third-order valence-electron chi connectivity index (χ3n) is 4.48. The van der Waals surface area contributed by atoms with Gasteiger partial charge >= 0.3 is 0 Å². The number of amides is 1. The van der Waals surface area contributed by atoms with E-state index in [4.69, 9.17) is 14.2 Å². The van der Waals surface area contributed by atoms with Crippen LogP contribution in [0.4, 0.5) is 11.4 Å². The van der Waals surface area contributed by atoms with Crippen molar-refractivity contribution in [3.05, 3.63) is 48.5 Å². The zero-order valence-corrected chi connectivity index (χ0v) is 18.1. The van der Waals surface area contributed by atoms with Crippen LogP contribution in [0.5, 0.6) is 11.5 Å². The highest BCUT2D eigenvalue weighted by Crippen LogP contribution is 2.19. The minimum absolute atomic E-state index is 0.127. The van der Waals surface area contributed by atoms with E-state index in [1.54, 1.807) is 7.11 Å². The molecule has 0 saturated heterocycles. The smallest absolute Gasteiger partial charge is 0.243 e. The third-order valence-corrected chi connectivity index (χ3v) is 4.48. The molecule has 0 aliphatic carbocycles. The maximum Gasteiger partial charge on any atom is 0.243 e. The summed E-state index contributed by atoms with van der Waals surface area (Å²) in [5, 5.41) is 6.01. The van der Waals surface area contributed by atoms with Crippen molar-refractivity contribution in [2.75, 3.05) is 44.1 Å². The normalized spacial score (nSPS) is 10.5. The molecule has 0 aromatic heterocycles. The van der Waals surface area contributed by atoms with Crippen LogP contribution < -0.4 is 20.1 Å². The fourth-order valence-corrected chi connectivity index (χ4v) is 2.89. The number of carbonyl (C=O) groups excluding carboxylic acids is 1. The average molecular weight is 415 g/mol. The quantitative estimate of drug-likeness (QED) is 0.396. The zero-order valence-electron chi connectivity index (χ0n) is 18.1. The number of ether oxygens (including phenoxy) is 3. The molecular weight excluding hydrogens is 380 g/mol. The Bertz CT molecular complexity index is 751. The van der Waals surface area contributed by atoms with E-state index in [1.807, 2.05) is 48.5 Å². The van der Waals surface area contributed by atoms with Gasteiger partial charge in [-0.1, -0.05) is 44.7 Å². The molecule has 6 nitrogen and oxygen atoms in total. The number of nitrogens with one attached hydrogen (secondary N) is 2. The molecule has 0 spiro atoms. The van der Waals surface area contributed by atoms with Crippen LogP contribution in [0.25, 0.3) is 0 Å². The molecule has 1 amide bonds. The Hall–Kier alpha value is -2.73. The maximum absolute atomic E-state index is 12.3. The van der Waals surface area contributed by atoms with Crippen molar-refractivity contribution in [3.63, 3.8) is 0 Å². The van der Waals surface area contributed by atoms with E-state index in [0.29, 0.717) is 19.8 Å². The summed E-state index contributed by atoms with van der Waals surface area (Å²) in [5.41, 5.74) is 1.54. The van der Waals surface area contributed by atoms with Gasteiger partial charge in [-0.25, -0.2) is 0 Å². The first-order valence-electron chi connectivity index (χ1n) is 10.7. The van der Waals surface area contributed by atoms with Gasteiger partial charge in [0.2, 0.25) is 5.91 Å². The summed E-state index contributed by atoms with van der Waals surface area (Å²) in [6.07, 6.45) is 6.01. The lowest BCUT2D eigenvalue weighted by Gasteiger charge is -2.11. The topological polar surface area (TPSA) is 68.8 Å². The van der Waals surface area contributed by atoms with Gasteiger partial charge in [-0.05, 0) is 30.7 Å². The van der Waals surface area contributed by atoms with E-state index in [-0.39, 0.29) is 12.5 Å². The van der Waals surface area contributed by atoms with Crippen LogP contribution in [0.1, 0.15) is 39.0 Å². The molecule has 0 atom stereocenters. The molecule has 0 unspecified atom stereocenters. The number of unbranched alkanes of at least 4 members (excludes halogenated alkanes) is 4. The van der Waals surface area contributed by atoms with Crippen LogP contribution in [0.2, 0.25) is 0 Å². The van der Waals surface area contributed by atoms with Gasteiger partial charge in [-0.15, -0.1) is 0 Å². The minimum Gasteiger partial charge on any atom is -0.494 e. The van der Waals surface area contributed by atoms with Crippen LogP contribution in [-0.4, -0.2) is 39.4 Å². The summed E-state index contributed by atoms with van der Waals surface area (Å²) in [7, 11) is 1.64. The highest BCUT2D eigenvalue weighted by atomic mass is 16.5. The van der Waals surface area contributed by atoms with E-state index >= 15 is 0 Å². The van der Waals surface area contributed by atoms with Crippen molar-refractivity contribution < 1.29 is 19.0 Å². The Labute approximate surface area is 179 Å². The number of anilines is 2. The van der Waals surface area contributed by atoms with Crippen molar-refractivity contribution in [3.8, 4) is 11.5 Å². The summed E-state index contributed by atoms with van der Waals surface area (Å²) in [4.78, 5) is 12.3. The molecule has 0 radical (unpaired) electrons. The molecule has 0 heterocycles. The fraction of sp³-hybridized carbons (Fsp3) is 0.458. The Morgan fingerprint density at radius 3 is 2.23 bits per heavy atom. The standard InChI is InChI=1S/C24H34N2O4/c1-3-4-5-6-7-14-29-23-13-9-11-21(18-23)26-24(27)19-25-20-10-8-12-22(17-20)30-16-15-28-2/h8-13,17-18,25H,3-7,14-16,19H2,1-2H3,(H,26,27). The van der Waals surface area contributed by atoms with Crippen LogP contribution in [0.15, 0.2) is 48.5 Å². The molecule has 6 heteroatoms. The summed E-state index contributed by atoms with van der Waals surface area (Å²) in [6.45, 7) is 4.08. The molecule has 2 aromatic carbocycles. The lowest BCUT2D eigenvalue weighted by molar-refractivity contribution is -0.114. The van der Waals surface area contributed by atoms with Gasteiger partial charge in [0.1, 0.15) is 18.1 Å². The molecule has 0 aliphatic rings. The van der Waals surface area contributed by atoms with Crippen LogP contribution >= 0.6 is 0 Å². The van der Waals surface area contributed by atoms with E-state index < -0.39 is 0 Å². The molecule has 2 rings (SSSR count). The van der Waals surface area contributed by atoms with Crippen molar-refractivity contribution in [1.82, 2.24) is 0 Å². The predicted molar refractivity (Wildman–Crippen MR) is 122 cm³/mol. The summed E-state index contributed by atoms with van der Waals surface area (Å²) in [6, 6.07) is 15.0. The number of benzene rings is 2. The molecule has 0 saturated carbocycles. The number of rotatable bonds is 15. The van der Waals surface area contributed by atoms with Gasteiger partial charge in [0.15, 0.2) is 0 Å². The molecular formula is C24H34N2O4. The Morgan fingerprint density at radius 2 is 1.50 bits per heavy atom. The summed E-state index contributed by atoms with van der Waals surface area (Å²) >= 11 is 0. The number of carbonyl (C=O) groups is 1. The first-order chi connectivity index (χ1) is 14.7. The average Bonchev–Trinajstić information content (AvgIpc) is 2.75. The monoisotopic (exact) mass is 414 g/mol. The molecule has 2 aromatic rings. The maximum atomic E-state index is 12.3. The largest absolute Gasteiger partial charge is 0.494 e. The first-order valence-corrected chi connectivity index (χ1v) is 10.7. The van der Waals surface area contributed by atoms with Gasteiger partial charge in [0, 0.05) is 30.6 Å². The molecule has 164 valence electrons. The number of hydrogen-bond donors (Lipinski definition) is 2. The van der Waals surface area contributed by atoms with Gasteiger partial charge in [0.25, 0.3) is 0 Å². The zero-order chi connectivity index (χ0) is 21.4. The van der Waals surface area contributed by atoms with Gasteiger partial charge in [-0.2, -0.15) is 0 Å². The van der Waals surface area contributed by atoms with Crippen molar-refractivity contribution in [1.29, 1.82) is 0 Å². The van der Waals surface area contributed by atoms with E-state index in [1.165, 1.54) is 25.7 Å². The molecule has 0 fully saturated rings. The van der Waals surface area contributed by atoms with Crippen molar-refractivity contribution in [2.45, 2.75) is 39.0 Å². The molecule has 0 bridgehead atoms. The first kappa shape index (κ1) is 23.5. The van der Waals surface area contributed by atoms with E-state index in [0.717, 1.165) is 29.3 Å². The lowest BCUT2D eigenvalue weighted by atomic mass is 10.2. The molecule has 2 N–H and O–H groups in total. The second-order valence-corrected chi connectivity index (χ2v) is 7.06. The van der Waals surface area contributed by atoms with Crippen LogP contribution in [-0.2, 0) is 9.53 Å². The SMILES string of the molecule is CCCCCCCOc1cccc(NC(=O)CNc2cccc(OCCOC)c2)c1.